The van der Waals surface area contributed by atoms with Gasteiger partial charge in [0.1, 0.15) is 11.5 Å². The minimum Gasteiger partial charge on any atom is -0.494 e. The van der Waals surface area contributed by atoms with E-state index in [1.54, 1.807) is 6.92 Å². The molecule has 0 fully saturated rings. The largest absolute Gasteiger partial charge is 0.494 e. The Labute approximate surface area is 176 Å². The van der Waals surface area contributed by atoms with E-state index in [-0.39, 0.29) is 12.3 Å². The third-order valence-corrected chi connectivity index (χ3v) is 4.60. The van der Waals surface area contributed by atoms with Gasteiger partial charge in [-0.3, -0.25) is 20.4 Å². The summed E-state index contributed by atoms with van der Waals surface area (Å²) in [5, 5.41) is 2.13. The molecular formula is C24H26N2O4. The van der Waals surface area contributed by atoms with Crippen LogP contribution < -0.4 is 20.3 Å². The Hall–Kier alpha value is -3.54. The number of benzene rings is 3. The van der Waals surface area contributed by atoms with Gasteiger partial charge in [0.15, 0.2) is 6.10 Å². The van der Waals surface area contributed by atoms with Crippen LogP contribution in [0.15, 0.2) is 66.7 Å². The SMILES string of the molecule is CCOc1ccc(CCC(=O)NNC(=O)C(C)Oc2ccc3ccccc3c2)cc1. The maximum absolute atomic E-state index is 12.2. The number of fused-ring (bicyclic) bond motifs is 1. The highest BCUT2D eigenvalue weighted by molar-refractivity contribution is 5.85. The van der Waals surface area contributed by atoms with Crippen molar-refractivity contribution in [3.05, 3.63) is 72.3 Å². The fourth-order valence-electron chi connectivity index (χ4n) is 2.97. The maximum Gasteiger partial charge on any atom is 0.279 e. The van der Waals surface area contributed by atoms with Gasteiger partial charge in [0.05, 0.1) is 6.61 Å². The number of carbonyl (C=O) groups excluding carboxylic acids is 2. The summed E-state index contributed by atoms with van der Waals surface area (Å²) in [4.78, 5) is 24.3. The molecule has 2 amide bonds. The molecule has 30 heavy (non-hydrogen) atoms. The van der Waals surface area contributed by atoms with Crippen LogP contribution in [0, 0.1) is 0 Å². The number of hydrogen-bond donors (Lipinski definition) is 2. The topological polar surface area (TPSA) is 76.7 Å². The summed E-state index contributed by atoms with van der Waals surface area (Å²) in [6.45, 7) is 4.18. The van der Waals surface area contributed by atoms with E-state index < -0.39 is 12.0 Å². The second-order valence-electron chi connectivity index (χ2n) is 6.88. The lowest BCUT2D eigenvalue weighted by Gasteiger charge is -2.15. The molecule has 0 saturated carbocycles. The smallest absolute Gasteiger partial charge is 0.279 e. The van der Waals surface area contributed by atoms with Gasteiger partial charge in [0, 0.05) is 6.42 Å². The van der Waals surface area contributed by atoms with Crippen molar-refractivity contribution in [2.45, 2.75) is 32.8 Å². The molecule has 1 atom stereocenters. The fourth-order valence-corrected chi connectivity index (χ4v) is 2.97. The minimum atomic E-state index is -0.752. The van der Waals surface area contributed by atoms with Gasteiger partial charge in [-0.25, -0.2) is 0 Å². The maximum atomic E-state index is 12.2. The minimum absolute atomic E-state index is 0.258. The van der Waals surface area contributed by atoms with Crippen LogP contribution in [0.4, 0.5) is 0 Å². The summed E-state index contributed by atoms with van der Waals surface area (Å²) in [5.74, 6) is 0.712. The van der Waals surface area contributed by atoms with Crippen LogP contribution in [-0.4, -0.2) is 24.5 Å². The van der Waals surface area contributed by atoms with Crippen molar-refractivity contribution in [3.63, 3.8) is 0 Å². The van der Waals surface area contributed by atoms with E-state index >= 15 is 0 Å². The average Bonchev–Trinajstić information content (AvgIpc) is 2.77. The van der Waals surface area contributed by atoms with Gasteiger partial charge in [-0.2, -0.15) is 0 Å². The van der Waals surface area contributed by atoms with Gasteiger partial charge < -0.3 is 9.47 Å². The Kier molecular flexibility index (Phi) is 7.27. The summed E-state index contributed by atoms with van der Waals surface area (Å²) in [6.07, 6.45) is 0.0726. The number of amides is 2. The molecule has 0 saturated heterocycles. The van der Waals surface area contributed by atoms with E-state index in [1.807, 2.05) is 73.7 Å². The monoisotopic (exact) mass is 406 g/mol. The van der Waals surface area contributed by atoms with Crippen molar-refractivity contribution >= 4 is 22.6 Å². The van der Waals surface area contributed by atoms with E-state index in [1.165, 1.54) is 0 Å². The Bertz CT molecular complexity index is 1000. The lowest BCUT2D eigenvalue weighted by atomic mass is 10.1. The van der Waals surface area contributed by atoms with Gasteiger partial charge in [0.25, 0.3) is 5.91 Å². The molecule has 6 nitrogen and oxygen atoms in total. The molecule has 0 heterocycles. The fraction of sp³-hybridized carbons (Fsp3) is 0.250. The highest BCUT2D eigenvalue weighted by Gasteiger charge is 2.15. The van der Waals surface area contributed by atoms with Crippen molar-refractivity contribution in [3.8, 4) is 11.5 Å². The molecule has 2 N–H and O–H groups in total. The zero-order chi connectivity index (χ0) is 21.3. The normalized spacial score (nSPS) is 11.5. The number of ether oxygens (including phenoxy) is 2. The first-order valence-corrected chi connectivity index (χ1v) is 10.0. The molecule has 0 radical (unpaired) electrons. The summed E-state index contributed by atoms with van der Waals surface area (Å²) in [5.41, 5.74) is 5.88. The molecule has 6 heteroatoms. The second kappa shape index (κ2) is 10.3. The summed E-state index contributed by atoms with van der Waals surface area (Å²) < 4.78 is 11.1. The molecule has 3 rings (SSSR count). The molecule has 3 aromatic rings. The van der Waals surface area contributed by atoms with Crippen LogP contribution in [0.2, 0.25) is 0 Å². The quantitative estimate of drug-likeness (QED) is 0.558. The predicted octanol–water partition coefficient (Wildman–Crippen LogP) is 3.79. The Morgan fingerprint density at radius 3 is 2.33 bits per heavy atom. The summed E-state index contributed by atoms with van der Waals surface area (Å²) in [7, 11) is 0. The van der Waals surface area contributed by atoms with E-state index in [2.05, 4.69) is 10.9 Å². The second-order valence-corrected chi connectivity index (χ2v) is 6.88. The third kappa shape index (κ3) is 5.98. The number of hydrazine groups is 1. The highest BCUT2D eigenvalue weighted by Crippen LogP contribution is 2.21. The molecule has 0 aliphatic carbocycles. The molecule has 0 spiro atoms. The van der Waals surface area contributed by atoms with E-state index in [9.17, 15) is 9.59 Å². The zero-order valence-electron chi connectivity index (χ0n) is 17.2. The van der Waals surface area contributed by atoms with Crippen molar-refractivity contribution in [1.29, 1.82) is 0 Å². The lowest BCUT2D eigenvalue weighted by Crippen LogP contribution is -2.47. The average molecular weight is 406 g/mol. The van der Waals surface area contributed by atoms with Crippen molar-refractivity contribution in [2.24, 2.45) is 0 Å². The molecule has 156 valence electrons. The Morgan fingerprint density at radius 1 is 0.900 bits per heavy atom. The van der Waals surface area contributed by atoms with Crippen LogP contribution >= 0.6 is 0 Å². The van der Waals surface area contributed by atoms with Crippen molar-refractivity contribution in [2.75, 3.05) is 6.61 Å². The number of aryl methyl sites for hydroxylation is 1. The molecule has 1 unspecified atom stereocenters. The van der Waals surface area contributed by atoms with Crippen LogP contribution in [-0.2, 0) is 16.0 Å². The van der Waals surface area contributed by atoms with Crippen LogP contribution in [0.3, 0.4) is 0 Å². The third-order valence-electron chi connectivity index (χ3n) is 4.60. The number of carbonyl (C=O) groups is 2. The van der Waals surface area contributed by atoms with Gasteiger partial charge in [-0.1, -0.05) is 42.5 Å². The zero-order valence-corrected chi connectivity index (χ0v) is 17.2. The molecule has 0 bridgehead atoms. The Morgan fingerprint density at radius 2 is 1.60 bits per heavy atom. The molecule has 3 aromatic carbocycles. The highest BCUT2D eigenvalue weighted by atomic mass is 16.5. The van der Waals surface area contributed by atoms with E-state index in [0.717, 1.165) is 22.1 Å². The molecule has 0 aliphatic heterocycles. The van der Waals surface area contributed by atoms with E-state index in [4.69, 9.17) is 9.47 Å². The first kappa shape index (κ1) is 21.2. The van der Waals surface area contributed by atoms with Crippen molar-refractivity contribution < 1.29 is 19.1 Å². The van der Waals surface area contributed by atoms with Gasteiger partial charge in [0.2, 0.25) is 5.91 Å². The standard InChI is InChI=1S/C24H26N2O4/c1-3-29-21-12-8-18(9-13-21)10-15-23(27)25-26-24(28)17(2)30-22-14-11-19-6-4-5-7-20(19)16-22/h4-9,11-14,16-17H,3,10,15H2,1-2H3,(H,25,27)(H,26,28). The first-order chi connectivity index (χ1) is 14.5. The summed E-state index contributed by atoms with van der Waals surface area (Å²) >= 11 is 0. The van der Waals surface area contributed by atoms with Crippen LogP contribution in [0.1, 0.15) is 25.8 Å². The van der Waals surface area contributed by atoms with Gasteiger partial charge >= 0.3 is 0 Å². The lowest BCUT2D eigenvalue weighted by molar-refractivity contribution is -0.132. The summed E-state index contributed by atoms with van der Waals surface area (Å²) in [6, 6.07) is 21.2. The van der Waals surface area contributed by atoms with Gasteiger partial charge in [-0.05, 0) is 60.9 Å². The molecule has 0 aliphatic rings. The predicted molar refractivity (Wildman–Crippen MR) is 116 cm³/mol. The molecule has 0 aromatic heterocycles. The van der Waals surface area contributed by atoms with Gasteiger partial charge in [-0.15, -0.1) is 0 Å². The van der Waals surface area contributed by atoms with Crippen LogP contribution in [0.5, 0.6) is 11.5 Å². The number of hydrogen-bond acceptors (Lipinski definition) is 4. The number of rotatable bonds is 8. The van der Waals surface area contributed by atoms with E-state index in [0.29, 0.717) is 18.8 Å². The Balaban J connectivity index is 1.42. The number of nitrogens with one attached hydrogen (secondary N) is 2. The van der Waals surface area contributed by atoms with Crippen LogP contribution in [0.25, 0.3) is 10.8 Å². The molecular weight excluding hydrogens is 380 g/mol. The van der Waals surface area contributed by atoms with Crippen molar-refractivity contribution in [1.82, 2.24) is 10.9 Å². The first-order valence-electron chi connectivity index (χ1n) is 10.0.